The molecule has 1 aromatic heterocycles. The molecule has 8 nitrogen and oxygen atoms in total. The Labute approximate surface area is 168 Å². The van der Waals surface area contributed by atoms with E-state index in [9.17, 15) is 22.8 Å². The number of sulfone groups is 1. The second-order valence-corrected chi connectivity index (χ2v) is 11.4. The van der Waals surface area contributed by atoms with E-state index in [2.05, 4.69) is 10.6 Å². The number of rotatable bonds is 5. The van der Waals surface area contributed by atoms with Gasteiger partial charge in [-0.1, -0.05) is 20.8 Å². The van der Waals surface area contributed by atoms with Crippen molar-refractivity contribution in [2.75, 3.05) is 23.4 Å². The van der Waals surface area contributed by atoms with Gasteiger partial charge in [-0.05, 0) is 25.8 Å². The van der Waals surface area contributed by atoms with Crippen LogP contribution in [0, 0.1) is 19.3 Å². The summed E-state index contributed by atoms with van der Waals surface area (Å²) in [7, 11) is -3.11. The van der Waals surface area contributed by atoms with Gasteiger partial charge in [0.25, 0.3) is 5.91 Å². The van der Waals surface area contributed by atoms with Crippen LogP contribution in [0.4, 0.5) is 5.00 Å². The quantitative estimate of drug-likeness (QED) is 0.688. The summed E-state index contributed by atoms with van der Waals surface area (Å²) in [6.07, 6.45) is 0.355. The summed E-state index contributed by atoms with van der Waals surface area (Å²) < 4.78 is 28.0. The molecular formula is C18H26N2O6S2. The molecule has 1 unspecified atom stereocenters. The summed E-state index contributed by atoms with van der Waals surface area (Å²) in [6.45, 7) is 8.36. The molecule has 1 atom stereocenters. The van der Waals surface area contributed by atoms with E-state index in [-0.39, 0.29) is 23.0 Å². The molecule has 2 N–H and O–H groups in total. The minimum absolute atomic E-state index is 0.0436. The predicted molar refractivity (Wildman–Crippen MR) is 107 cm³/mol. The Bertz CT molecular complexity index is 896. The first kappa shape index (κ1) is 22.4. The van der Waals surface area contributed by atoms with Gasteiger partial charge in [0.05, 0.1) is 17.1 Å². The minimum Gasteiger partial charge on any atom is -0.452 e. The van der Waals surface area contributed by atoms with E-state index in [0.717, 1.165) is 4.88 Å². The first-order chi connectivity index (χ1) is 12.8. The average Bonchev–Trinajstić information content (AvgIpc) is 3.03. The monoisotopic (exact) mass is 430 g/mol. The summed E-state index contributed by atoms with van der Waals surface area (Å²) in [4.78, 5) is 37.6. The standard InChI is InChI=1S/C18H26N2O6S2/c1-10-11(2)27-15(20-17(23)18(3,4)5)14(10)16(22)26-8-13(21)19-12-6-7-28(24,25)9-12/h12H,6-9H2,1-5H3,(H,19,21)(H,20,23). The van der Waals surface area contributed by atoms with E-state index < -0.39 is 39.8 Å². The number of esters is 1. The third-order valence-electron chi connectivity index (χ3n) is 4.43. The smallest absolute Gasteiger partial charge is 0.341 e. The molecule has 1 aliphatic rings. The topological polar surface area (TPSA) is 119 Å². The van der Waals surface area contributed by atoms with Gasteiger partial charge in [0, 0.05) is 16.3 Å². The molecule has 1 saturated heterocycles. The fraction of sp³-hybridized carbons (Fsp3) is 0.611. The summed E-state index contributed by atoms with van der Waals surface area (Å²) in [5, 5.41) is 5.72. The largest absolute Gasteiger partial charge is 0.452 e. The van der Waals surface area contributed by atoms with Gasteiger partial charge in [0.15, 0.2) is 16.4 Å². The highest BCUT2D eigenvalue weighted by atomic mass is 32.2. The summed E-state index contributed by atoms with van der Waals surface area (Å²) >= 11 is 1.27. The first-order valence-electron chi connectivity index (χ1n) is 8.88. The van der Waals surface area contributed by atoms with Crippen LogP contribution in [0.25, 0.3) is 0 Å². The van der Waals surface area contributed by atoms with E-state index in [1.54, 1.807) is 27.7 Å². The number of hydrogen-bond acceptors (Lipinski definition) is 7. The average molecular weight is 431 g/mol. The van der Waals surface area contributed by atoms with Crippen molar-refractivity contribution < 1.29 is 27.5 Å². The zero-order chi connectivity index (χ0) is 21.3. The fourth-order valence-electron chi connectivity index (χ4n) is 2.63. The lowest BCUT2D eigenvalue weighted by molar-refractivity contribution is -0.125. The molecule has 2 amide bonds. The van der Waals surface area contributed by atoms with Crippen molar-refractivity contribution in [3.05, 3.63) is 16.0 Å². The van der Waals surface area contributed by atoms with Gasteiger partial charge >= 0.3 is 5.97 Å². The van der Waals surface area contributed by atoms with Crippen LogP contribution in [0.3, 0.4) is 0 Å². The zero-order valence-corrected chi connectivity index (χ0v) is 18.3. The predicted octanol–water partition coefficient (Wildman–Crippen LogP) is 1.81. The van der Waals surface area contributed by atoms with Gasteiger partial charge in [-0.25, -0.2) is 13.2 Å². The molecule has 1 aliphatic heterocycles. The van der Waals surface area contributed by atoms with Crippen LogP contribution in [0.1, 0.15) is 48.0 Å². The number of ether oxygens (including phenoxy) is 1. The fourth-order valence-corrected chi connectivity index (χ4v) is 5.35. The number of amides is 2. The zero-order valence-electron chi connectivity index (χ0n) is 16.7. The second kappa shape index (κ2) is 8.20. The van der Waals surface area contributed by atoms with E-state index in [1.165, 1.54) is 11.3 Å². The number of nitrogens with one attached hydrogen (secondary N) is 2. The van der Waals surface area contributed by atoms with Crippen molar-refractivity contribution in [3.8, 4) is 0 Å². The minimum atomic E-state index is -3.11. The number of anilines is 1. The Morgan fingerprint density at radius 2 is 1.86 bits per heavy atom. The molecule has 0 aromatic carbocycles. The SMILES string of the molecule is Cc1sc(NC(=O)C(C)(C)C)c(C(=O)OCC(=O)NC2CCS(=O)(=O)C2)c1C. The second-order valence-electron chi connectivity index (χ2n) is 7.94. The number of carbonyl (C=O) groups is 3. The summed E-state index contributed by atoms with van der Waals surface area (Å²) in [6, 6.07) is -0.456. The van der Waals surface area contributed by atoms with Crippen LogP contribution in [-0.2, 0) is 24.2 Å². The van der Waals surface area contributed by atoms with Gasteiger partial charge in [0.2, 0.25) is 5.91 Å². The lowest BCUT2D eigenvalue weighted by Crippen LogP contribution is -2.38. The van der Waals surface area contributed by atoms with Gasteiger partial charge in [-0.15, -0.1) is 11.3 Å². The molecule has 156 valence electrons. The van der Waals surface area contributed by atoms with Crippen LogP contribution in [-0.4, -0.2) is 50.4 Å². The van der Waals surface area contributed by atoms with Gasteiger partial charge < -0.3 is 15.4 Å². The maximum absolute atomic E-state index is 12.5. The van der Waals surface area contributed by atoms with Crippen LogP contribution in [0.15, 0.2) is 0 Å². The maximum atomic E-state index is 12.5. The molecule has 0 saturated carbocycles. The van der Waals surface area contributed by atoms with E-state index in [0.29, 0.717) is 17.0 Å². The van der Waals surface area contributed by atoms with Crippen LogP contribution in [0.5, 0.6) is 0 Å². The van der Waals surface area contributed by atoms with Crippen molar-refractivity contribution in [3.63, 3.8) is 0 Å². The Morgan fingerprint density at radius 1 is 1.21 bits per heavy atom. The van der Waals surface area contributed by atoms with Crippen molar-refractivity contribution in [1.29, 1.82) is 0 Å². The third-order valence-corrected chi connectivity index (χ3v) is 7.32. The van der Waals surface area contributed by atoms with Crippen LogP contribution < -0.4 is 10.6 Å². The van der Waals surface area contributed by atoms with Gasteiger partial charge in [0.1, 0.15) is 5.00 Å². The summed E-state index contributed by atoms with van der Waals surface area (Å²) in [5.74, 6) is -1.55. The highest BCUT2D eigenvalue weighted by Gasteiger charge is 2.30. The molecule has 1 fully saturated rings. The third kappa shape index (κ3) is 5.54. The van der Waals surface area contributed by atoms with Crippen molar-refractivity contribution in [1.82, 2.24) is 5.32 Å². The molecule has 2 rings (SSSR count). The van der Waals surface area contributed by atoms with Crippen molar-refractivity contribution in [2.24, 2.45) is 5.41 Å². The van der Waals surface area contributed by atoms with Crippen LogP contribution in [0.2, 0.25) is 0 Å². The van der Waals surface area contributed by atoms with Crippen molar-refractivity contribution >= 4 is 44.0 Å². The Kier molecular flexibility index (Phi) is 6.55. The molecule has 0 radical (unpaired) electrons. The molecule has 28 heavy (non-hydrogen) atoms. The lowest BCUT2D eigenvalue weighted by atomic mass is 9.96. The molecule has 10 heteroatoms. The van der Waals surface area contributed by atoms with E-state index in [1.807, 2.05) is 6.92 Å². The molecule has 0 aliphatic carbocycles. The molecule has 2 heterocycles. The van der Waals surface area contributed by atoms with E-state index >= 15 is 0 Å². The molecule has 0 spiro atoms. The van der Waals surface area contributed by atoms with Gasteiger partial charge in [-0.2, -0.15) is 0 Å². The number of thiophene rings is 1. The Hall–Kier alpha value is -1.94. The number of hydrogen-bond donors (Lipinski definition) is 2. The number of aryl methyl sites for hydroxylation is 1. The van der Waals surface area contributed by atoms with E-state index in [4.69, 9.17) is 4.74 Å². The highest BCUT2D eigenvalue weighted by molar-refractivity contribution is 7.91. The Morgan fingerprint density at radius 3 is 2.39 bits per heavy atom. The highest BCUT2D eigenvalue weighted by Crippen LogP contribution is 2.34. The maximum Gasteiger partial charge on any atom is 0.341 e. The molecule has 1 aromatic rings. The van der Waals surface area contributed by atoms with Crippen LogP contribution >= 0.6 is 11.3 Å². The first-order valence-corrected chi connectivity index (χ1v) is 11.5. The number of carbonyl (C=O) groups excluding carboxylic acids is 3. The molecule has 0 bridgehead atoms. The Balaban J connectivity index is 2.02. The normalized spacial score (nSPS) is 18.5. The lowest BCUT2D eigenvalue weighted by Gasteiger charge is -2.17. The summed E-state index contributed by atoms with van der Waals surface area (Å²) in [5.41, 5.74) is 0.284. The molecular weight excluding hydrogens is 404 g/mol. The van der Waals surface area contributed by atoms with Gasteiger partial charge in [-0.3, -0.25) is 9.59 Å². The van der Waals surface area contributed by atoms with Crippen molar-refractivity contribution in [2.45, 2.75) is 47.1 Å².